The topological polar surface area (TPSA) is 166 Å². The molecule has 0 radical (unpaired) electrons. The number of fused-ring (bicyclic) bond motifs is 10. The maximum Gasteiger partial charge on any atom is 0.270 e. The molecule has 13 heteroatoms. The summed E-state index contributed by atoms with van der Waals surface area (Å²) < 4.78 is 27.1. The Labute approximate surface area is 438 Å². The Kier molecular flexibility index (Phi) is 19.5. The minimum absolute atomic E-state index is 0.0282. The monoisotopic (exact) mass is 1010 g/mol. The fourth-order valence-electron chi connectivity index (χ4n) is 9.78. The van der Waals surface area contributed by atoms with Gasteiger partial charge in [-0.3, -0.25) is 19.2 Å². The van der Waals surface area contributed by atoms with Crippen molar-refractivity contribution in [3.05, 3.63) is 146 Å². The average Bonchev–Trinajstić information content (AvgIpc) is 3.37. The lowest BCUT2D eigenvalue weighted by Gasteiger charge is -2.24. The highest BCUT2D eigenvalue weighted by Crippen LogP contribution is 2.40. The van der Waals surface area contributed by atoms with Crippen molar-refractivity contribution in [3.63, 3.8) is 0 Å². The van der Waals surface area contributed by atoms with E-state index in [1.165, 1.54) is 12.1 Å². The number of carbonyl (C=O) groups is 4. The maximum atomic E-state index is 14.4. The van der Waals surface area contributed by atoms with Crippen molar-refractivity contribution in [1.29, 1.82) is 0 Å². The Hall–Kier alpha value is -6.89. The smallest absolute Gasteiger partial charge is 0.270 e. The van der Waals surface area contributed by atoms with E-state index in [-0.39, 0.29) is 48.1 Å². The molecule has 4 aromatic carbocycles. The number of pyridine rings is 1. The zero-order chi connectivity index (χ0) is 52.7. The Morgan fingerprint density at radius 1 is 0.459 bits per heavy atom. The van der Waals surface area contributed by atoms with Gasteiger partial charge in [-0.2, -0.15) is 0 Å². The molecule has 8 rings (SSSR count). The second-order valence-corrected chi connectivity index (χ2v) is 20.6. The molecule has 1 aromatic heterocycles. The number of benzene rings is 4. The van der Waals surface area contributed by atoms with E-state index in [0.29, 0.717) is 65.0 Å². The van der Waals surface area contributed by atoms with Gasteiger partial charge in [0.15, 0.2) is 0 Å². The number of aromatic nitrogens is 1. The zero-order valence-electron chi connectivity index (χ0n) is 44.8. The molecule has 4 amide bonds. The molecule has 3 aliphatic rings. The number of amides is 4. The molecule has 394 valence electrons. The molecule has 0 fully saturated rings. The van der Waals surface area contributed by atoms with E-state index < -0.39 is 23.9 Å². The summed E-state index contributed by atoms with van der Waals surface area (Å²) in [5.74, 6) is 1.37. The quantitative estimate of drug-likeness (QED) is 0.0738. The molecule has 5 aromatic rings. The molecule has 2 unspecified atom stereocenters. The number of ether oxygens (including phenoxy) is 4. The summed E-state index contributed by atoms with van der Waals surface area (Å²) in [5.41, 5.74) is 9.43. The van der Waals surface area contributed by atoms with E-state index in [4.69, 9.17) is 18.9 Å². The minimum atomic E-state index is -0.908. The van der Waals surface area contributed by atoms with E-state index in [0.717, 1.165) is 104 Å². The molecule has 2 atom stereocenters. The van der Waals surface area contributed by atoms with Crippen molar-refractivity contribution < 1.29 is 38.1 Å². The largest absolute Gasteiger partial charge is 0.493 e. The van der Waals surface area contributed by atoms with Crippen LogP contribution in [-0.2, 0) is 48.4 Å². The summed E-state index contributed by atoms with van der Waals surface area (Å²) in [6, 6.07) is 23.9. The number of para-hydroxylation sites is 2. The molecule has 0 saturated carbocycles. The number of hydrogen-bond donors (Lipinski definition) is 4. The third-order valence-electron chi connectivity index (χ3n) is 13.1. The Balaban J connectivity index is 1.49. The van der Waals surface area contributed by atoms with Gasteiger partial charge in [0, 0.05) is 38.8 Å². The first-order chi connectivity index (χ1) is 35.8. The van der Waals surface area contributed by atoms with E-state index in [1.54, 1.807) is 6.07 Å². The highest BCUT2D eigenvalue weighted by atomic mass is 16.5. The molecular formula is C61H77N5O8. The summed E-state index contributed by atoms with van der Waals surface area (Å²) in [5, 5.41) is 12.2. The second kappa shape index (κ2) is 26.4. The highest BCUT2D eigenvalue weighted by Gasteiger charge is 2.28. The molecule has 0 saturated heterocycles. The molecular weight excluding hydrogens is 931 g/mol. The third kappa shape index (κ3) is 14.2. The van der Waals surface area contributed by atoms with E-state index in [9.17, 15) is 19.2 Å². The van der Waals surface area contributed by atoms with Gasteiger partial charge in [0.25, 0.3) is 11.8 Å². The van der Waals surface area contributed by atoms with Gasteiger partial charge in [0.2, 0.25) is 11.8 Å². The molecule has 1 aliphatic carbocycles. The number of nitrogens with one attached hydrogen (secondary N) is 4. The SMILES string of the molecule is CCCOc1c2cccc1Cc1cc3cc(c1OCCC)Cc1cccc(c1OCCC)Cc1cc(cc(c1OCCC)C2)CNC(=O)C(CC(C)C)NC(=O)c1cccc(n1)C(=O)NC(CC(C)C)C(=O)NC3. The van der Waals surface area contributed by atoms with Crippen LogP contribution in [0, 0.1) is 11.8 Å². The van der Waals surface area contributed by atoms with Gasteiger partial charge in [0.1, 0.15) is 46.5 Å². The predicted octanol–water partition coefficient (Wildman–Crippen LogP) is 10.1. The van der Waals surface area contributed by atoms with Crippen molar-refractivity contribution in [1.82, 2.24) is 26.3 Å². The summed E-state index contributed by atoms with van der Waals surface area (Å²) >= 11 is 0. The van der Waals surface area contributed by atoms with E-state index >= 15 is 0 Å². The predicted molar refractivity (Wildman–Crippen MR) is 289 cm³/mol. The van der Waals surface area contributed by atoms with Crippen molar-refractivity contribution >= 4 is 23.6 Å². The van der Waals surface area contributed by atoms with Crippen molar-refractivity contribution in [3.8, 4) is 23.0 Å². The van der Waals surface area contributed by atoms with Crippen molar-refractivity contribution in [2.24, 2.45) is 11.8 Å². The molecule has 3 heterocycles. The molecule has 2 aliphatic heterocycles. The Bertz CT molecular complexity index is 2500. The third-order valence-corrected chi connectivity index (χ3v) is 13.1. The normalized spacial score (nSPS) is 16.3. The summed E-state index contributed by atoms with van der Waals surface area (Å²) in [6.07, 6.45) is 5.83. The molecule has 13 nitrogen and oxygen atoms in total. The number of carbonyl (C=O) groups excluding carboxylic acids is 4. The van der Waals surface area contributed by atoms with Crippen LogP contribution in [0.2, 0.25) is 0 Å². The van der Waals surface area contributed by atoms with Crippen LogP contribution in [0.3, 0.4) is 0 Å². The van der Waals surface area contributed by atoms with Crippen LogP contribution in [0.4, 0.5) is 0 Å². The van der Waals surface area contributed by atoms with Crippen LogP contribution in [0.25, 0.3) is 0 Å². The Morgan fingerprint density at radius 2 is 0.757 bits per heavy atom. The Morgan fingerprint density at radius 3 is 1.05 bits per heavy atom. The van der Waals surface area contributed by atoms with Gasteiger partial charge in [0.05, 0.1) is 26.4 Å². The van der Waals surface area contributed by atoms with E-state index in [1.807, 2.05) is 27.7 Å². The molecule has 74 heavy (non-hydrogen) atoms. The van der Waals surface area contributed by atoms with Gasteiger partial charge in [-0.05, 0) is 142 Å². The van der Waals surface area contributed by atoms with Crippen LogP contribution in [0.15, 0.2) is 78.9 Å². The summed E-state index contributed by atoms with van der Waals surface area (Å²) in [7, 11) is 0. The first-order valence-electron chi connectivity index (χ1n) is 26.9. The van der Waals surface area contributed by atoms with Gasteiger partial charge in [-0.1, -0.05) is 97.9 Å². The number of rotatable bonds is 16. The van der Waals surface area contributed by atoms with E-state index in [2.05, 4.69) is 115 Å². The first kappa shape index (κ1) is 54.9. The second-order valence-electron chi connectivity index (χ2n) is 20.6. The van der Waals surface area contributed by atoms with Gasteiger partial charge in [-0.15, -0.1) is 0 Å². The van der Waals surface area contributed by atoms with Crippen LogP contribution >= 0.6 is 0 Å². The van der Waals surface area contributed by atoms with Crippen LogP contribution in [-0.4, -0.2) is 67.1 Å². The fourth-order valence-corrected chi connectivity index (χ4v) is 9.78. The maximum absolute atomic E-state index is 14.4. The lowest BCUT2D eigenvalue weighted by Crippen LogP contribution is -2.48. The lowest BCUT2D eigenvalue weighted by atomic mass is 9.89. The van der Waals surface area contributed by atoms with Gasteiger partial charge >= 0.3 is 0 Å². The number of hydrogen-bond acceptors (Lipinski definition) is 9. The van der Waals surface area contributed by atoms with Crippen LogP contribution < -0.4 is 40.2 Å². The lowest BCUT2D eigenvalue weighted by molar-refractivity contribution is -0.124. The molecule has 0 spiro atoms. The fraction of sp³-hybridized carbons (Fsp3) is 0.459. The van der Waals surface area contributed by atoms with Gasteiger partial charge < -0.3 is 40.2 Å². The first-order valence-corrected chi connectivity index (χ1v) is 26.9. The highest BCUT2D eigenvalue weighted by molar-refractivity contribution is 5.99. The summed E-state index contributed by atoms with van der Waals surface area (Å²) in [4.78, 5) is 61.1. The molecule has 4 N–H and O–H groups in total. The van der Waals surface area contributed by atoms with Crippen molar-refractivity contribution in [2.75, 3.05) is 26.4 Å². The zero-order valence-corrected chi connectivity index (χ0v) is 44.8. The standard InChI is InChI=1S/C61H77N5O8/c1-9-22-71-54-42-16-13-17-43(54)33-47-29-41-31-49(57(47)74-25-12-4)35-45-19-14-18-44(55(45)72-23-10-2)34-48-30-40(28-46(32-42)56(48)73-24-11-3)36-62-58(67)52(26-38(5)6)65-60(69)50-20-15-21-51(64-50)61(70)66-53(27-39(7)8)59(68)63-37-41/h13-21,28-31,38-39,52-53H,9-12,22-27,32-37H2,1-8H3,(H,62,67)(H,63,68)(H,65,69)(H,66,70). The van der Waals surface area contributed by atoms with Crippen LogP contribution in [0.1, 0.15) is 171 Å². The summed E-state index contributed by atoms with van der Waals surface area (Å²) in [6.45, 7) is 18.7. The molecule has 12 bridgehead atoms. The van der Waals surface area contributed by atoms with Crippen molar-refractivity contribution in [2.45, 2.75) is 145 Å². The van der Waals surface area contributed by atoms with Gasteiger partial charge in [-0.25, -0.2) is 4.98 Å². The average molecular weight is 1010 g/mol. The number of nitrogens with zero attached hydrogens (tertiary/aromatic N) is 1. The van der Waals surface area contributed by atoms with Crippen LogP contribution in [0.5, 0.6) is 23.0 Å². The minimum Gasteiger partial charge on any atom is -0.493 e.